The van der Waals surface area contributed by atoms with Crippen molar-refractivity contribution in [1.82, 2.24) is 5.32 Å². The number of para-hydroxylation sites is 1. The van der Waals surface area contributed by atoms with Crippen LogP contribution in [0.4, 0.5) is 11.4 Å². The minimum atomic E-state index is -0.488. The fourth-order valence-corrected chi connectivity index (χ4v) is 5.22. The molecule has 47 heavy (non-hydrogen) atoms. The molecule has 0 heterocycles. The Morgan fingerprint density at radius 3 is 1.85 bits per heavy atom. The summed E-state index contributed by atoms with van der Waals surface area (Å²) in [5.74, 6) is 1.04. The van der Waals surface area contributed by atoms with Crippen LogP contribution in [-0.2, 0) is 9.59 Å². The van der Waals surface area contributed by atoms with Crippen LogP contribution in [0.15, 0.2) is 144 Å². The third-order valence-electron chi connectivity index (χ3n) is 6.85. The Kier molecular flexibility index (Phi) is 11.1. The van der Waals surface area contributed by atoms with E-state index in [2.05, 4.69) is 16.0 Å². The van der Waals surface area contributed by atoms with E-state index in [1.165, 1.54) is 11.8 Å². The summed E-state index contributed by atoms with van der Waals surface area (Å²) in [6, 6.07) is 39.6. The van der Waals surface area contributed by atoms with Crippen molar-refractivity contribution in [2.45, 2.75) is 17.1 Å². The lowest BCUT2D eigenvalue weighted by Gasteiger charge is -2.14. The maximum absolute atomic E-state index is 13.4. The van der Waals surface area contributed by atoms with Gasteiger partial charge >= 0.3 is 0 Å². The van der Waals surface area contributed by atoms with Gasteiger partial charge < -0.3 is 25.4 Å². The summed E-state index contributed by atoms with van der Waals surface area (Å²) >= 11 is 1.39. The van der Waals surface area contributed by atoms with E-state index >= 15 is 0 Å². The molecule has 5 rings (SSSR count). The number of benzene rings is 5. The average molecular weight is 644 g/mol. The minimum absolute atomic E-state index is 0.0763. The maximum atomic E-state index is 13.4. The van der Waals surface area contributed by atoms with Crippen molar-refractivity contribution in [2.24, 2.45) is 0 Å². The van der Waals surface area contributed by atoms with Crippen molar-refractivity contribution in [1.29, 1.82) is 0 Å². The van der Waals surface area contributed by atoms with Gasteiger partial charge in [0.1, 0.15) is 22.9 Å². The molecule has 0 spiro atoms. The molecule has 5 aromatic carbocycles. The number of hydrogen-bond donors (Lipinski definition) is 3. The topological polar surface area (TPSA) is 106 Å². The lowest BCUT2D eigenvalue weighted by Crippen LogP contribution is -2.30. The smallest absolute Gasteiger partial charge is 0.272 e. The largest absolute Gasteiger partial charge is 0.497 e. The van der Waals surface area contributed by atoms with Crippen molar-refractivity contribution in [3.63, 3.8) is 0 Å². The van der Waals surface area contributed by atoms with Crippen LogP contribution < -0.4 is 25.4 Å². The molecule has 1 unspecified atom stereocenters. The number of carbonyl (C=O) groups excluding carboxylic acids is 3. The van der Waals surface area contributed by atoms with Gasteiger partial charge in [-0.25, -0.2) is 0 Å². The number of thioether (sulfide) groups is 1. The molecule has 0 bridgehead atoms. The average Bonchev–Trinajstić information content (AvgIpc) is 3.10. The lowest BCUT2D eigenvalue weighted by molar-refractivity contribution is -0.115. The molecule has 0 fully saturated rings. The second kappa shape index (κ2) is 16.0. The van der Waals surface area contributed by atoms with E-state index in [1.54, 1.807) is 98.1 Å². The Labute approximate surface area is 277 Å². The number of anilines is 2. The Morgan fingerprint density at radius 1 is 0.660 bits per heavy atom. The van der Waals surface area contributed by atoms with Gasteiger partial charge in [0.15, 0.2) is 0 Å². The van der Waals surface area contributed by atoms with Gasteiger partial charge in [0, 0.05) is 21.8 Å². The number of nitrogens with one attached hydrogen (secondary N) is 3. The SMILES string of the molecule is COc1ccc(/C=C(\NC(=O)c2ccccc2)C(=O)Nc2ccc(SC(C)C(=O)Nc3ccc(Oc4ccccc4)cc3)cc2)cc1. The van der Waals surface area contributed by atoms with Gasteiger partial charge in [-0.2, -0.15) is 0 Å². The van der Waals surface area contributed by atoms with E-state index < -0.39 is 11.8 Å². The van der Waals surface area contributed by atoms with Crippen LogP contribution in [0.1, 0.15) is 22.8 Å². The van der Waals surface area contributed by atoms with Crippen molar-refractivity contribution in [2.75, 3.05) is 17.7 Å². The maximum Gasteiger partial charge on any atom is 0.272 e. The van der Waals surface area contributed by atoms with Crippen LogP contribution in [0.2, 0.25) is 0 Å². The Bertz CT molecular complexity index is 1830. The highest BCUT2D eigenvalue weighted by atomic mass is 32.2. The molecular formula is C38H33N3O5S. The standard InChI is InChI=1S/C38H33N3O5S/c1-26(36(42)39-29-15-21-33(22-16-29)46-32-11-7-4-8-12-32)47-34-23-17-30(18-24-34)40-38(44)35(25-27-13-19-31(45-2)20-14-27)41-37(43)28-9-5-3-6-10-28/h3-26H,1-2H3,(H,39,42)(H,40,44)(H,41,43)/b35-25-. The summed E-state index contributed by atoms with van der Waals surface area (Å²) in [4.78, 5) is 40.0. The summed E-state index contributed by atoms with van der Waals surface area (Å²) in [5.41, 5.74) is 2.41. The molecule has 5 aromatic rings. The summed E-state index contributed by atoms with van der Waals surface area (Å²) in [6.45, 7) is 1.83. The van der Waals surface area contributed by atoms with Gasteiger partial charge in [0.25, 0.3) is 11.8 Å². The fraction of sp³-hybridized carbons (Fsp3) is 0.0789. The molecule has 0 aliphatic heterocycles. The molecule has 3 amide bonds. The first-order valence-corrected chi connectivity index (χ1v) is 15.7. The van der Waals surface area contributed by atoms with Crippen molar-refractivity contribution >= 4 is 46.9 Å². The first-order chi connectivity index (χ1) is 22.9. The monoisotopic (exact) mass is 643 g/mol. The van der Waals surface area contributed by atoms with E-state index in [-0.39, 0.29) is 16.9 Å². The summed E-state index contributed by atoms with van der Waals surface area (Å²) in [6.07, 6.45) is 1.60. The number of carbonyl (C=O) groups is 3. The van der Waals surface area contributed by atoms with E-state index in [0.29, 0.717) is 34.0 Å². The third kappa shape index (κ3) is 9.59. The van der Waals surface area contributed by atoms with Crippen LogP contribution in [-0.4, -0.2) is 30.1 Å². The fourth-order valence-electron chi connectivity index (χ4n) is 4.36. The molecule has 0 aliphatic carbocycles. The molecule has 0 saturated heterocycles. The molecule has 236 valence electrons. The van der Waals surface area contributed by atoms with Crippen LogP contribution in [0.5, 0.6) is 17.2 Å². The van der Waals surface area contributed by atoms with Crippen LogP contribution in [0.3, 0.4) is 0 Å². The first-order valence-electron chi connectivity index (χ1n) is 14.8. The lowest BCUT2D eigenvalue weighted by atomic mass is 10.1. The van der Waals surface area contributed by atoms with Crippen molar-refractivity contribution in [3.05, 3.63) is 150 Å². The summed E-state index contributed by atoms with van der Waals surface area (Å²) in [7, 11) is 1.58. The molecule has 0 aliphatic rings. The zero-order valence-corrected chi connectivity index (χ0v) is 26.6. The quantitative estimate of drug-likeness (QED) is 0.0940. The molecular weight excluding hydrogens is 611 g/mol. The van der Waals surface area contributed by atoms with Gasteiger partial charge in [-0.15, -0.1) is 11.8 Å². The van der Waals surface area contributed by atoms with Crippen molar-refractivity contribution < 1.29 is 23.9 Å². The number of hydrogen-bond acceptors (Lipinski definition) is 6. The van der Waals surface area contributed by atoms with Crippen LogP contribution >= 0.6 is 11.8 Å². The van der Waals surface area contributed by atoms with Gasteiger partial charge in [0.2, 0.25) is 5.91 Å². The Balaban J connectivity index is 1.19. The van der Waals surface area contributed by atoms with Gasteiger partial charge in [-0.3, -0.25) is 14.4 Å². The third-order valence-corrected chi connectivity index (χ3v) is 7.96. The first kappa shape index (κ1) is 32.6. The van der Waals surface area contributed by atoms with Crippen LogP contribution in [0, 0.1) is 0 Å². The van der Waals surface area contributed by atoms with E-state index in [4.69, 9.17) is 9.47 Å². The molecule has 0 aromatic heterocycles. The predicted molar refractivity (Wildman–Crippen MR) is 187 cm³/mol. The highest BCUT2D eigenvalue weighted by Gasteiger charge is 2.17. The van der Waals surface area contributed by atoms with E-state index in [1.807, 2.05) is 55.5 Å². The number of amides is 3. The molecule has 3 N–H and O–H groups in total. The van der Waals surface area contributed by atoms with Gasteiger partial charge in [-0.1, -0.05) is 48.5 Å². The number of rotatable bonds is 12. The zero-order valence-electron chi connectivity index (χ0n) is 25.8. The van der Waals surface area contributed by atoms with Gasteiger partial charge in [0.05, 0.1) is 12.4 Å². The van der Waals surface area contributed by atoms with Crippen molar-refractivity contribution in [3.8, 4) is 17.2 Å². The Morgan fingerprint density at radius 2 is 1.21 bits per heavy atom. The summed E-state index contributed by atoms with van der Waals surface area (Å²) in [5, 5.41) is 8.14. The van der Waals surface area contributed by atoms with E-state index in [0.717, 1.165) is 10.6 Å². The molecule has 0 radical (unpaired) electrons. The van der Waals surface area contributed by atoms with Gasteiger partial charge in [-0.05, 0) is 103 Å². The van der Waals surface area contributed by atoms with Crippen LogP contribution in [0.25, 0.3) is 6.08 Å². The highest BCUT2D eigenvalue weighted by Crippen LogP contribution is 2.27. The number of ether oxygens (including phenoxy) is 2. The minimum Gasteiger partial charge on any atom is -0.497 e. The summed E-state index contributed by atoms with van der Waals surface area (Å²) < 4.78 is 11.0. The molecule has 9 heteroatoms. The molecule has 8 nitrogen and oxygen atoms in total. The predicted octanol–water partition coefficient (Wildman–Crippen LogP) is 8.02. The Hall–Kier alpha value is -5.80. The zero-order chi connectivity index (χ0) is 33.0. The highest BCUT2D eigenvalue weighted by molar-refractivity contribution is 8.00. The second-order valence-corrected chi connectivity index (χ2v) is 11.7. The normalized spacial score (nSPS) is 11.6. The second-order valence-electron chi connectivity index (χ2n) is 10.3. The number of methoxy groups -OCH3 is 1. The van der Waals surface area contributed by atoms with E-state index in [9.17, 15) is 14.4 Å². The molecule has 0 saturated carbocycles. The molecule has 1 atom stereocenters.